The van der Waals surface area contributed by atoms with Crippen LogP contribution in [0, 0.1) is 0 Å². The van der Waals surface area contributed by atoms with Crippen LogP contribution in [0.15, 0.2) is 53.9 Å². The van der Waals surface area contributed by atoms with Crippen LogP contribution < -0.4 is 4.90 Å². The molecule has 4 nitrogen and oxygen atoms in total. The maximum atomic E-state index is 13.2. The van der Waals surface area contributed by atoms with Gasteiger partial charge in [0.05, 0.1) is 15.8 Å². The molecule has 154 valence electrons. The van der Waals surface area contributed by atoms with Crippen LogP contribution in [0.5, 0.6) is 0 Å². The zero-order valence-electron chi connectivity index (χ0n) is 16.0. The molecule has 0 N–H and O–H groups in total. The van der Waals surface area contributed by atoms with E-state index in [1.54, 1.807) is 36.5 Å². The van der Waals surface area contributed by atoms with Crippen LogP contribution in [0.1, 0.15) is 19.8 Å². The van der Waals surface area contributed by atoms with E-state index < -0.39 is 20.0 Å². The molecule has 2 unspecified atom stereocenters. The van der Waals surface area contributed by atoms with Gasteiger partial charge in [-0.25, -0.2) is 13.4 Å². The topological polar surface area (TPSA) is 50.3 Å². The van der Waals surface area contributed by atoms with Crippen LogP contribution in [0.4, 0.5) is 5.13 Å². The van der Waals surface area contributed by atoms with Gasteiger partial charge in [0.2, 0.25) is 0 Å². The Hall–Kier alpha value is -1.34. The van der Waals surface area contributed by atoms with Crippen molar-refractivity contribution in [3.05, 3.63) is 59.0 Å². The lowest BCUT2D eigenvalue weighted by Gasteiger charge is -2.36. The van der Waals surface area contributed by atoms with Crippen molar-refractivity contribution < 1.29 is 8.42 Å². The lowest BCUT2D eigenvalue weighted by molar-refractivity contribution is 0.518. The van der Waals surface area contributed by atoms with Crippen molar-refractivity contribution in [2.24, 2.45) is 0 Å². The van der Waals surface area contributed by atoms with Gasteiger partial charge in [0.25, 0.3) is 0 Å². The van der Waals surface area contributed by atoms with Gasteiger partial charge in [-0.15, -0.1) is 22.9 Å². The van der Waals surface area contributed by atoms with Crippen LogP contribution in [0.2, 0.25) is 5.02 Å². The Labute approximate surface area is 185 Å². The second kappa shape index (κ2) is 8.06. The third-order valence-corrected chi connectivity index (χ3v) is 9.94. The molecule has 29 heavy (non-hydrogen) atoms. The second-order valence-corrected chi connectivity index (χ2v) is 12.1. The maximum absolute atomic E-state index is 13.2. The number of allylic oxidation sites excluding steroid dienone is 3. The highest BCUT2D eigenvalue weighted by Gasteiger charge is 2.44. The number of halogens is 2. The summed E-state index contributed by atoms with van der Waals surface area (Å²) in [6.07, 6.45) is 8.23. The van der Waals surface area contributed by atoms with E-state index in [-0.39, 0.29) is 5.25 Å². The Morgan fingerprint density at radius 3 is 2.52 bits per heavy atom. The Bertz CT molecular complexity index is 1030. The average molecular weight is 469 g/mol. The summed E-state index contributed by atoms with van der Waals surface area (Å²) < 4.78 is 26.4. The zero-order valence-corrected chi connectivity index (χ0v) is 19.1. The summed E-state index contributed by atoms with van der Waals surface area (Å²) in [6.45, 7) is 3.10. The fraction of sp³-hybridized carbons (Fsp3) is 0.381. The molecule has 0 bridgehead atoms. The van der Waals surface area contributed by atoms with Crippen LogP contribution in [-0.4, -0.2) is 41.9 Å². The highest BCUT2D eigenvalue weighted by molar-refractivity contribution is 7.93. The van der Waals surface area contributed by atoms with Gasteiger partial charge in [0, 0.05) is 29.1 Å². The Morgan fingerprint density at radius 1 is 1.17 bits per heavy atom. The highest BCUT2D eigenvalue weighted by Crippen LogP contribution is 2.36. The van der Waals surface area contributed by atoms with E-state index in [0.29, 0.717) is 31.0 Å². The molecule has 1 aliphatic carbocycles. The predicted octanol–water partition coefficient (Wildman–Crippen LogP) is 5.34. The molecule has 2 aromatic rings. The van der Waals surface area contributed by atoms with E-state index in [1.807, 2.05) is 35.7 Å². The summed E-state index contributed by atoms with van der Waals surface area (Å²) in [5, 5.41) is 2.58. The number of hydrogen-bond donors (Lipinski definition) is 0. The molecule has 0 spiro atoms. The summed E-state index contributed by atoms with van der Waals surface area (Å²) in [5.74, 6) is 0. The van der Waals surface area contributed by atoms with Crippen molar-refractivity contribution in [3.8, 4) is 11.3 Å². The maximum Gasteiger partial charge on any atom is 0.185 e. The van der Waals surface area contributed by atoms with Crippen molar-refractivity contribution in [1.29, 1.82) is 0 Å². The molecule has 2 atom stereocenters. The SMILES string of the molecule is CC1(Cl)C=CC=CC1S(=O)(=O)C1CCN(c2nc(-c3ccc(Cl)cc3)cs2)CC1. The van der Waals surface area contributed by atoms with Crippen molar-refractivity contribution in [3.63, 3.8) is 0 Å². The van der Waals surface area contributed by atoms with E-state index in [9.17, 15) is 8.42 Å². The van der Waals surface area contributed by atoms with Crippen LogP contribution >= 0.6 is 34.5 Å². The Balaban J connectivity index is 1.44. The third kappa shape index (κ3) is 4.26. The molecule has 0 saturated carbocycles. The normalized spacial score (nSPS) is 25.5. The zero-order chi connectivity index (χ0) is 20.6. The highest BCUT2D eigenvalue weighted by atomic mass is 35.5. The standard InChI is InChI=1S/C21H22Cl2N2O2S2/c1-21(23)11-3-2-4-19(21)29(26,27)17-9-12-25(13-10-17)20-24-18(14-28-20)15-5-7-16(22)8-6-15/h2-8,11,14,17,19H,9-10,12-13H2,1H3. The van der Waals surface area contributed by atoms with E-state index in [0.717, 1.165) is 16.4 Å². The van der Waals surface area contributed by atoms with Gasteiger partial charge < -0.3 is 4.90 Å². The number of nitrogens with zero attached hydrogens (tertiary/aromatic N) is 2. The van der Waals surface area contributed by atoms with Gasteiger partial charge in [0.15, 0.2) is 15.0 Å². The number of piperidine rings is 1. The minimum atomic E-state index is -3.37. The molecule has 0 amide bonds. The van der Waals surface area contributed by atoms with Gasteiger partial charge in [-0.1, -0.05) is 48.0 Å². The summed E-state index contributed by atoms with van der Waals surface area (Å²) >= 11 is 14.0. The van der Waals surface area contributed by atoms with E-state index in [2.05, 4.69) is 4.90 Å². The molecular formula is C21H22Cl2N2O2S2. The monoisotopic (exact) mass is 468 g/mol. The molecule has 2 aliphatic rings. The van der Waals surface area contributed by atoms with Crippen molar-refractivity contribution in [1.82, 2.24) is 4.98 Å². The van der Waals surface area contributed by atoms with E-state index in [1.165, 1.54) is 0 Å². The second-order valence-electron chi connectivity index (χ2n) is 7.61. The fourth-order valence-corrected chi connectivity index (χ4v) is 7.71. The fourth-order valence-electron chi connectivity index (χ4n) is 3.87. The molecule has 8 heteroatoms. The lowest BCUT2D eigenvalue weighted by atomic mass is 10.0. The number of sulfone groups is 1. The first-order chi connectivity index (χ1) is 13.8. The first-order valence-corrected chi connectivity index (χ1v) is 12.8. The van der Waals surface area contributed by atoms with Crippen LogP contribution in [0.3, 0.4) is 0 Å². The number of anilines is 1. The number of alkyl halides is 1. The number of aromatic nitrogens is 1. The summed E-state index contributed by atoms with van der Waals surface area (Å²) in [5.41, 5.74) is 1.93. The average Bonchev–Trinajstić information content (AvgIpc) is 3.18. The van der Waals surface area contributed by atoms with Gasteiger partial charge in [-0.2, -0.15) is 0 Å². The number of rotatable bonds is 4. The molecule has 0 radical (unpaired) electrons. The first kappa shape index (κ1) is 20.9. The minimum Gasteiger partial charge on any atom is -0.348 e. The molecule has 1 aromatic carbocycles. The first-order valence-electron chi connectivity index (χ1n) is 9.51. The van der Waals surface area contributed by atoms with Crippen LogP contribution in [0.25, 0.3) is 11.3 Å². The van der Waals surface area contributed by atoms with Crippen molar-refractivity contribution in [2.45, 2.75) is 35.1 Å². The number of hydrogen-bond acceptors (Lipinski definition) is 5. The van der Waals surface area contributed by atoms with Gasteiger partial charge in [-0.3, -0.25) is 0 Å². The largest absolute Gasteiger partial charge is 0.348 e. The molecule has 1 aliphatic heterocycles. The molecule has 4 rings (SSSR count). The Kier molecular flexibility index (Phi) is 5.81. The predicted molar refractivity (Wildman–Crippen MR) is 123 cm³/mol. The third-order valence-electron chi connectivity index (χ3n) is 5.54. The molecule has 1 fully saturated rings. The number of thiazole rings is 1. The van der Waals surface area contributed by atoms with Crippen molar-refractivity contribution in [2.75, 3.05) is 18.0 Å². The minimum absolute atomic E-state index is 0.381. The van der Waals surface area contributed by atoms with Crippen LogP contribution in [-0.2, 0) is 9.84 Å². The smallest absolute Gasteiger partial charge is 0.185 e. The molecule has 2 heterocycles. The van der Waals surface area contributed by atoms with E-state index in [4.69, 9.17) is 28.2 Å². The van der Waals surface area contributed by atoms with Gasteiger partial charge >= 0.3 is 0 Å². The molecule has 1 saturated heterocycles. The Morgan fingerprint density at radius 2 is 1.86 bits per heavy atom. The molecule has 1 aromatic heterocycles. The quantitative estimate of drug-likeness (QED) is 0.568. The summed E-state index contributed by atoms with van der Waals surface area (Å²) in [7, 11) is -3.37. The van der Waals surface area contributed by atoms with E-state index >= 15 is 0 Å². The lowest BCUT2D eigenvalue weighted by Crippen LogP contribution is -2.47. The summed E-state index contributed by atoms with van der Waals surface area (Å²) in [6, 6.07) is 7.61. The summed E-state index contributed by atoms with van der Waals surface area (Å²) in [4.78, 5) is 6.02. The van der Waals surface area contributed by atoms with Crippen molar-refractivity contribution >= 4 is 49.5 Å². The van der Waals surface area contributed by atoms with Gasteiger partial charge in [-0.05, 0) is 31.9 Å². The molecular weight excluding hydrogens is 447 g/mol. The number of benzene rings is 1. The van der Waals surface area contributed by atoms with Gasteiger partial charge in [0.1, 0.15) is 5.25 Å².